The van der Waals surface area contributed by atoms with E-state index in [1.54, 1.807) is 18.2 Å². The van der Waals surface area contributed by atoms with Gasteiger partial charge in [-0.2, -0.15) is 0 Å². The van der Waals surface area contributed by atoms with Gasteiger partial charge in [0.05, 0.1) is 5.75 Å². The number of halogens is 2. The summed E-state index contributed by atoms with van der Waals surface area (Å²) in [4.78, 5) is 0. The second-order valence-corrected chi connectivity index (χ2v) is 6.19. The molecule has 0 N–H and O–H groups in total. The molecule has 0 bridgehead atoms. The van der Waals surface area contributed by atoms with E-state index in [1.165, 1.54) is 0 Å². The minimum Gasteiger partial charge on any atom is -0.259 e. The van der Waals surface area contributed by atoms with Crippen LogP contribution in [0, 0.1) is 0 Å². The Morgan fingerprint density at radius 2 is 1.44 bits per heavy atom. The van der Waals surface area contributed by atoms with Crippen molar-refractivity contribution in [1.82, 2.24) is 0 Å². The first-order chi connectivity index (χ1) is 8.66. The first-order valence-corrected chi connectivity index (χ1v) is 7.73. The molecule has 0 aliphatic carbocycles. The van der Waals surface area contributed by atoms with E-state index >= 15 is 0 Å². The highest BCUT2D eigenvalue weighted by Crippen LogP contribution is 2.26. The third-order valence-electron chi connectivity index (χ3n) is 2.54. The fourth-order valence-corrected chi connectivity index (χ4v) is 3.63. The highest BCUT2D eigenvalue weighted by molar-refractivity contribution is 7.83. The fourth-order valence-electron chi connectivity index (χ4n) is 1.64. The Morgan fingerprint density at radius 3 is 2.06 bits per heavy atom. The van der Waals surface area contributed by atoms with Crippen molar-refractivity contribution in [3.8, 4) is 0 Å². The van der Waals surface area contributed by atoms with Crippen molar-refractivity contribution in [1.29, 1.82) is 0 Å². The Morgan fingerprint density at radius 1 is 0.833 bits per heavy atom. The molecule has 0 spiro atoms. The summed E-state index contributed by atoms with van der Waals surface area (Å²) in [5, 5.41) is 1.15. The van der Waals surface area contributed by atoms with Gasteiger partial charge in [-0.1, -0.05) is 59.6 Å². The minimum atomic E-state index is -1.01. The average molecular weight is 299 g/mol. The largest absolute Gasteiger partial charge is 0.259 e. The number of hydrogen-bond acceptors (Lipinski definition) is 1. The van der Waals surface area contributed by atoms with Crippen molar-refractivity contribution in [2.45, 2.75) is 11.5 Å². The van der Waals surface area contributed by atoms with E-state index in [-0.39, 0.29) is 0 Å². The summed E-state index contributed by atoms with van der Waals surface area (Å²) in [7, 11) is -1.01. The molecule has 0 saturated carbocycles. The quantitative estimate of drug-likeness (QED) is 0.815. The molecule has 0 aromatic heterocycles. The van der Waals surface area contributed by atoms with Gasteiger partial charge in [0.25, 0.3) is 0 Å². The third-order valence-corrected chi connectivity index (χ3v) is 4.51. The first kappa shape index (κ1) is 13.6. The zero-order chi connectivity index (χ0) is 13.0. The monoisotopic (exact) mass is 298 g/mol. The molecule has 0 saturated heterocycles. The summed E-state index contributed by atoms with van der Waals surface area (Å²) < 4.78 is 12.1. The smallest absolute Gasteiger partial charge is 0.0518 e. The van der Waals surface area contributed by atoms with E-state index in [0.717, 1.165) is 11.1 Å². The van der Waals surface area contributed by atoms with Gasteiger partial charge in [0.1, 0.15) is 0 Å². The van der Waals surface area contributed by atoms with Crippen LogP contribution in [0.15, 0.2) is 48.5 Å². The topological polar surface area (TPSA) is 17.1 Å². The van der Waals surface area contributed by atoms with Gasteiger partial charge in [-0.15, -0.1) is 0 Å². The highest BCUT2D eigenvalue weighted by atomic mass is 35.5. The number of hydrogen-bond donors (Lipinski definition) is 0. The summed E-state index contributed by atoms with van der Waals surface area (Å²) in [5.41, 5.74) is 1.81. The van der Waals surface area contributed by atoms with Gasteiger partial charge >= 0.3 is 0 Å². The molecular weight excluding hydrogens is 287 g/mol. The predicted molar refractivity (Wildman–Crippen MR) is 78.5 cm³/mol. The van der Waals surface area contributed by atoms with Gasteiger partial charge in [-0.3, -0.25) is 4.21 Å². The molecule has 0 heterocycles. The number of benzene rings is 2. The maximum Gasteiger partial charge on any atom is 0.0518 e. The summed E-state index contributed by atoms with van der Waals surface area (Å²) >= 11 is 12.1. The molecule has 0 amide bonds. The maximum atomic E-state index is 12.1. The lowest BCUT2D eigenvalue weighted by Gasteiger charge is -2.07. The lowest BCUT2D eigenvalue weighted by atomic mass is 10.2. The van der Waals surface area contributed by atoms with E-state index in [4.69, 9.17) is 23.2 Å². The first-order valence-electron chi connectivity index (χ1n) is 5.48. The Balaban J connectivity index is 2.08. The normalized spacial score (nSPS) is 12.3. The summed E-state index contributed by atoms with van der Waals surface area (Å²) in [6.45, 7) is 0. The van der Waals surface area contributed by atoms with Crippen molar-refractivity contribution in [3.63, 3.8) is 0 Å². The van der Waals surface area contributed by atoms with Crippen LogP contribution in [0.3, 0.4) is 0 Å². The van der Waals surface area contributed by atoms with Crippen LogP contribution in [-0.4, -0.2) is 4.21 Å². The van der Waals surface area contributed by atoms with Crippen LogP contribution >= 0.6 is 23.2 Å². The number of rotatable bonds is 4. The summed E-state index contributed by atoms with van der Waals surface area (Å²) in [5.74, 6) is 0.899. The van der Waals surface area contributed by atoms with Crippen LogP contribution in [0.2, 0.25) is 10.0 Å². The fraction of sp³-hybridized carbons (Fsp3) is 0.143. The van der Waals surface area contributed by atoms with Crippen LogP contribution in [0.5, 0.6) is 0 Å². The molecule has 1 nitrogen and oxygen atoms in total. The van der Waals surface area contributed by atoms with Crippen LogP contribution in [0.1, 0.15) is 11.1 Å². The van der Waals surface area contributed by atoms with Crippen molar-refractivity contribution in [2.24, 2.45) is 0 Å². The van der Waals surface area contributed by atoms with Crippen LogP contribution in [0.25, 0.3) is 0 Å². The van der Waals surface area contributed by atoms with Gasteiger partial charge in [0, 0.05) is 32.2 Å². The van der Waals surface area contributed by atoms with Crippen molar-refractivity contribution in [2.75, 3.05) is 0 Å². The SMILES string of the molecule is O=[S@@](Cc1ccccc1)Cc1c(Cl)cccc1Cl. The van der Waals surface area contributed by atoms with E-state index in [2.05, 4.69) is 0 Å². The summed E-state index contributed by atoms with van der Waals surface area (Å²) in [6.07, 6.45) is 0. The molecule has 2 rings (SSSR count). The average Bonchev–Trinajstić information content (AvgIpc) is 2.35. The molecular formula is C14H12Cl2OS. The van der Waals surface area contributed by atoms with Crippen LogP contribution < -0.4 is 0 Å². The second kappa shape index (κ2) is 6.37. The van der Waals surface area contributed by atoms with E-state index in [0.29, 0.717) is 21.6 Å². The van der Waals surface area contributed by atoms with E-state index in [1.807, 2.05) is 30.3 Å². The molecule has 2 aromatic rings. The Kier molecular flexibility index (Phi) is 4.81. The van der Waals surface area contributed by atoms with Crippen molar-refractivity contribution in [3.05, 3.63) is 69.7 Å². The Labute approximate surface area is 119 Å². The van der Waals surface area contributed by atoms with Crippen LogP contribution in [-0.2, 0) is 22.3 Å². The zero-order valence-electron chi connectivity index (χ0n) is 9.61. The highest BCUT2D eigenvalue weighted by Gasteiger charge is 2.10. The molecule has 94 valence electrons. The van der Waals surface area contributed by atoms with Gasteiger partial charge in [-0.25, -0.2) is 0 Å². The maximum absolute atomic E-state index is 12.1. The lowest BCUT2D eigenvalue weighted by Crippen LogP contribution is -2.00. The molecule has 0 fully saturated rings. The van der Waals surface area contributed by atoms with Crippen LogP contribution in [0.4, 0.5) is 0 Å². The van der Waals surface area contributed by atoms with Crippen molar-refractivity contribution < 1.29 is 4.21 Å². The molecule has 18 heavy (non-hydrogen) atoms. The van der Waals surface area contributed by atoms with E-state index < -0.39 is 10.8 Å². The van der Waals surface area contributed by atoms with E-state index in [9.17, 15) is 4.21 Å². The summed E-state index contributed by atoms with van der Waals surface area (Å²) in [6, 6.07) is 15.1. The molecule has 1 atom stereocenters. The van der Waals surface area contributed by atoms with Gasteiger partial charge in [-0.05, 0) is 17.7 Å². The standard InChI is InChI=1S/C14H12Cl2OS/c15-13-7-4-8-14(16)12(13)10-18(17)9-11-5-2-1-3-6-11/h1-8H,9-10H2/t18-/m0/s1. The van der Waals surface area contributed by atoms with Crippen molar-refractivity contribution >= 4 is 34.0 Å². The van der Waals surface area contributed by atoms with Gasteiger partial charge in [0.15, 0.2) is 0 Å². The third kappa shape index (κ3) is 3.58. The van der Waals surface area contributed by atoms with Gasteiger partial charge in [0.2, 0.25) is 0 Å². The minimum absolute atomic E-state index is 0.382. The Bertz CT molecular complexity index is 535. The lowest BCUT2D eigenvalue weighted by molar-refractivity contribution is 0.682. The van der Waals surface area contributed by atoms with Gasteiger partial charge < -0.3 is 0 Å². The molecule has 4 heteroatoms. The molecule has 0 radical (unpaired) electrons. The molecule has 2 aromatic carbocycles. The Hall–Kier alpha value is -0.830. The second-order valence-electron chi connectivity index (χ2n) is 3.91. The zero-order valence-corrected chi connectivity index (χ0v) is 11.9. The molecule has 0 aliphatic rings. The molecule has 0 unspecified atom stereocenters. The predicted octanol–water partition coefficient (Wildman–Crippen LogP) is 4.44. The molecule has 0 aliphatic heterocycles.